The van der Waals surface area contributed by atoms with Crippen molar-refractivity contribution in [2.75, 3.05) is 31.1 Å². The first-order valence-electron chi connectivity index (χ1n) is 6.02. The van der Waals surface area contributed by atoms with E-state index in [0.717, 1.165) is 5.56 Å². The highest BCUT2D eigenvalue weighted by atomic mass is 32.2. The lowest BCUT2D eigenvalue weighted by Gasteiger charge is -2.14. The summed E-state index contributed by atoms with van der Waals surface area (Å²) in [7, 11) is -3.39. The van der Waals surface area contributed by atoms with Crippen molar-refractivity contribution in [1.29, 1.82) is 0 Å². The fourth-order valence-electron chi connectivity index (χ4n) is 1.91. The molecule has 0 saturated carbocycles. The van der Waals surface area contributed by atoms with E-state index in [1.54, 1.807) is 19.1 Å². The van der Waals surface area contributed by atoms with Gasteiger partial charge in [0.2, 0.25) is 0 Å². The molecule has 2 rings (SSSR count). The van der Waals surface area contributed by atoms with Crippen LogP contribution in [0.1, 0.15) is 5.56 Å². The first-order chi connectivity index (χ1) is 8.90. The van der Waals surface area contributed by atoms with Gasteiger partial charge in [0.15, 0.2) is 9.84 Å². The van der Waals surface area contributed by atoms with Crippen molar-refractivity contribution in [3.05, 3.63) is 23.8 Å². The summed E-state index contributed by atoms with van der Waals surface area (Å²) in [5.41, 5.74) is 6.97. The maximum absolute atomic E-state index is 12.2. The summed E-state index contributed by atoms with van der Waals surface area (Å²) in [4.78, 5) is 13.1. The molecule has 1 aromatic rings. The van der Waals surface area contributed by atoms with Gasteiger partial charge < -0.3 is 16.0 Å². The van der Waals surface area contributed by atoms with E-state index in [1.165, 1.54) is 11.0 Å². The summed E-state index contributed by atoms with van der Waals surface area (Å²) in [6.45, 7) is 3.09. The number of nitrogens with two attached hydrogens (primary N) is 1. The minimum Gasteiger partial charge on any atom is -0.399 e. The fraction of sp³-hybridized carbons (Fsp3) is 0.417. The molecular weight excluding hydrogens is 266 g/mol. The van der Waals surface area contributed by atoms with Crippen LogP contribution in [0.3, 0.4) is 0 Å². The predicted octanol–water partition coefficient (Wildman–Crippen LogP) is 0.376. The molecule has 104 valence electrons. The van der Waals surface area contributed by atoms with Crippen molar-refractivity contribution in [3.8, 4) is 0 Å². The largest absolute Gasteiger partial charge is 0.399 e. The molecule has 19 heavy (non-hydrogen) atoms. The van der Waals surface area contributed by atoms with Gasteiger partial charge in [0, 0.05) is 25.3 Å². The predicted molar refractivity (Wildman–Crippen MR) is 72.6 cm³/mol. The lowest BCUT2D eigenvalue weighted by molar-refractivity contribution is 0.220. The number of carbonyl (C=O) groups excluding carboxylic acids is 1. The Labute approximate surface area is 112 Å². The van der Waals surface area contributed by atoms with Crippen molar-refractivity contribution in [2.24, 2.45) is 0 Å². The highest BCUT2D eigenvalue weighted by Gasteiger charge is 2.23. The van der Waals surface area contributed by atoms with E-state index in [4.69, 9.17) is 5.73 Å². The number of benzene rings is 1. The molecule has 1 aliphatic rings. The van der Waals surface area contributed by atoms with Crippen LogP contribution in [-0.4, -0.2) is 44.7 Å². The zero-order valence-corrected chi connectivity index (χ0v) is 11.5. The number of hydrogen-bond donors (Lipinski definition) is 2. The van der Waals surface area contributed by atoms with Crippen LogP contribution in [-0.2, 0) is 9.84 Å². The summed E-state index contributed by atoms with van der Waals surface area (Å²) in [5.74, 6) is -0.0796. The fourth-order valence-corrected chi connectivity index (χ4v) is 3.24. The summed E-state index contributed by atoms with van der Waals surface area (Å²) in [6.07, 6.45) is 0. The molecule has 1 aromatic carbocycles. The number of sulfone groups is 1. The highest BCUT2D eigenvalue weighted by Crippen LogP contribution is 2.18. The maximum atomic E-state index is 12.2. The van der Waals surface area contributed by atoms with E-state index in [9.17, 15) is 13.2 Å². The SMILES string of the molecule is Cc1cc(S(=O)(=O)CCN2CCNC2=O)ccc1N. The van der Waals surface area contributed by atoms with E-state index >= 15 is 0 Å². The number of carbonyl (C=O) groups is 1. The molecule has 0 aromatic heterocycles. The molecule has 2 amide bonds. The zero-order valence-electron chi connectivity index (χ0n) is 10.7. The summed E-state index contributed by atoms with van der Waals surface area (Å²) in [6, 6.07) is 4.45. The second-order valence-electron chi connectivity index (χ2n) is 4.56. The van der Waals surface area contributed by atoms with Gasteiger partial charge in [-0.25, -0.2) is 13.2 Å². The Kier molecular flexibility index (Phi) is 3.66. The van der Waals surface area contributed by atoms with Crippen LogP contribution >= 0.6 is 0 Å². The lowest BCUT2D eigenvalue weighted by atomic mass is 10.2. The lowest BCUT2D eigenvalue weighted by Crippen LogP contribution is -2.32. The van der Waals surface area contributed by atoms with Crippen molar-refractivity contribution in [1.82, 2.24) is 10.2 Å². The van der Waals surface area contributed by atoms with Crippen LogP contribution in [0.15, 0.2) is 23.1 Å². The number of aryl methyl sites for hydroxylation is 1. The topological polar surface area (TPSA) is 92.5 Å². The maximum Gasteiger partial charge on any atom is 0.317 e. The second-order valence-corrected chi connectivity index (χ2v) is 6.67. The molecular formula is C12H17N3O3S. The summed E-state index contributed by atoms with van der Waals surface area (Å²) < 4.78 is 24.3. The van der Waals surface area contributed by atoms with Crippen LogP contribution in [0.2, 0.25) is 0 Å². The summed E-state index contributed by atoms with van der Waals surface area (Å²) in [5, 5.41) is 2.64. The van der Waals surface area contributed by atoms with Crippen LogP contribution in [0.25, 0.3) is 0 Å². The molecule has 1 fully saturated rings. The number of hydrogen-bond acceptors (Lipinski definition) is 4. The number of amides is 2. The smallest absolute Gasteiger partial charge is 0.317 e. The molecule has 0 spiro atoms. The Balaban J connectivity index is 2.09. The molecule has 3 N–H and O–H groups in total. The van der Waals surface area contributed by atoms with Crippen LogP contribution < -0.4 is 11.1 Å². The van der Waals surface area contributed by atoms with Crippen LogP contribution in [0, 0.1) is 6.92 Å². The van der Waals surface area contributed by atoms with E-state index in [2.05, 4.69) is 5.32 Å². The molecule has 0 atom stereocenters. The number of anilines is 1. The summed E-state index contributed by atoms with van der Waals surface area (Å²) >= 11 is 0. The van der Waals surface area contributed by atoms with E-state index in [1.807, 2.05) is 0 Å². The van der Waals surface area contributed by atoms with Gasteiger partial charge in [0.25, 0.3) is 0 Å². The first-order valence-corrected chi connectivity index (χ1v) is 7.67. The van der Waals surface area contributed by atoms with Crippen LogP contribution in [0.4, 0.5) is 10.5 Å². The van der Waals surface area contributed by atoms with Gasteiger partial charge in [0.05, 0.1) is 10.6 Å². The minimum atomic E-state index is -3.39. The van der Waals surface area contributed by atoms with Crippen molar-refractivity contribution < 1.29 is 13.2 Å². The molecule has 1 heterocycles. The third-order valence-corrected chi connectivity index (χ3v) is 4.87. The average Bonchev–Trinajstić information content (AvgIpc) is 2.76. The molecule has 1 saturated heterocycles. The Morgan fingerprint density at radius 3 is 2.74 bits per heavy atom. The number of nitrogens with one attached hydrogen (secondary N) is 1. The van der Waals surface area contributed by atoms with Gasteiger partial charge in [-0.05, 0) is 30.7 Å². The third kappa shape index (κ3) is 2.98. The van der Waals surface area contributed by atoms with Gasteiger partial charge in [-0.2, -0.15) is 0 Å². The van der Waals surface area contributed by atoms with Gasteiger partial charge in [-0.3, -0.25) is 0 Å². The average molecular weight is 283 g/mol. The standard InChI is InChI=1S/C12H17N3O3S/c1-9-8-10(2-3-11(9)13)19(17,18)7-6-15-5-4-14-12(15)16/h2-3,8H,4-7,13H2,1H3,(H,14,16). The monoisotopic (exact) mass is 283 g/mol. The Morgan fingerprint density at radius 1 is 1.42 bits per heavy atom. The Hall–Kier alpha value is -1.76. The third-order valence-electron chi connectivity index (χ3n) is 3.18. The van der Waals surface area contributed by atoms with Gasteiger partial charge in [-0.15, -0.1) is 0 Å². The van der Waals surface area contributed by atoms with Gasteiger partial charge in [-0.1, -0.05) is 0 Å². The molecule has 1 aliphatic heterocycles. The number of urea groups is 1. The van der Waals surface area contributed by atoms with Crippen molar-refractivity contribution in [2.45, 2.75) is 11.8 Å². The number of nitrogen functional groups attached to an aromatic ring is 1. The van der Waals surface area contributed by atoms with Crippen molar-refractivity contribution >= 4 is 21.6 Å². The Bertz CT molecular complexity index is 598. The molecule has 0 aliphatic carbocycles. The van der Waals surface area contributed by atoms with E-state index in [0.29, 0.717) is 18.8 Å². The Morgan fingerprint density at radius 2 is 2.16 bits per heavy atom. The normalized spacial score (nSPS) is 15.6. The van der Waals surface area contributed by atoms with Crippen LogP contribution in [0.5, 0.6) is 0 Å². The zero-order chi connectivity index (χ0) is 14.0. The minimum absolute atomic E-state index is 0.0796. The van der Waals surface area contributed by atoms with E-state index < -0.39 is 9.84 Å². The molecule has 0 radical (unpaired) electrons. The van der Waals surface area contributed by atoms with E-state index in [-0.39, 0.29) is 23.2 Å². The molecule has 7 heteroatoms. The quantitative estimate of drug-likeness (QED) is 0.781. The first kappa shape index (κ1) is 13.7. The molecule has 0 unspecified atom stereocenters. The second kappa shape index (κ2) is 5.08. The van der Waals surface area contributed by atoms with Gasteiger partial charge >= 0.3 is 6.03 Å². The number of rotatable bonds is 4. The number of nitrogens with zero attached hydrogens (tertiary/aromatic N) is 1. The molecule has 6 nitrogen and oxygen atoms in total. The van der Waals surface area contributed by atoms with Gasteiger partial charge in [0.1, 0.15) is 0 Å². The molecule has 0 bridgehead atoms. The van der Waals surface area contributed by atoms with Crippen molar-refractivity contribution in [3.63, 3.8) is 0 Å². The highest BCUT2D eigenvalue weighted by molar-refractivity contribution is 7.91.